The Morgan fingerprint density at radius 3 is 2.50 bits per heavy atom. The molecule has 1 saturated carbocycles. The van der Waals surface area contributed by atoms with E-state index in [-0.39, 0.29) is 61.3 Å². The quantitative estimate of drug-likeness (QED) is 0.350. The summed E-state index contributed by atoms with van der Waals surface area (Å²) in [5.74, 6) is -2.87. The predicted octanol–water partition coefficient (Wildman–Crippen LogP) is 2.22. The molecule has 0 radical (unpaired) electrons. The number of piperidine rings is 2. The number of amides is 1. The second-order valence-corrected chi connectivity index (χ2v) is 12.8. The van der Waals surface area contributed by atoms with Crippen molar-refractivity contribution in [2.45, 2.75) is 38.5 Å². The maximum atomic E-state index is 13.6. The summed E-state index contributed by atoms with van der Waals surface area (Å²) >= 11 is 0. The molecule has 3 fully saturated rings. The minimum absolute atomic E-state index is 0.0768. The van der Waals surface area contributed by atoms with E-state index in [2.05, 4.69) is 20.0 Å². The Morgan fingerprint density at radius 1 is 1.10 bits per heavy atom. The molecule has 40 heavy (non-hydrogen) atoms. The van der Waals surface area contributed by atoms with Crippen LogP contribution in [0.4, 0.5) is 31.9 Å². The monoisotopic (exact) mass is 580 g/mol. The molecule has 1 aliphatic carbocycles. The highest BCUT2D eigenvalue weighted by molar-refractivity contribution is 7.92. The van der Waals surface area contributed by atoms with Gasteiger partial charge in [0, 0.05) is 62.8 Å². The van der Waals surface area contributed by atoms with Crippen LogP contribution in [0.1, 0.15) is 41.7 Å². The molecule has 0 bridgehead atoms. The van der Waals surface area contributed by atoms with Gasteiger partial charge in [-0.2, -0.15) is 4.98 Å². The van der Waals surface area contributed by atoms with E-state index in [9.17, 15) is 27.1 Å². The number of nitrogens with zero attached hydrogens (tertiary/aromatic N) is 4. The van der Waals surface area contributed by atoms with Crippen LogP contribution >= 0.6 is 0 Å². The number of aromatic nitrogens is 2. The van der Waals surface area contributed by atoms with E-state index in [1.54, 1.807) is 24.0 Å². The van der Waals surface area contributed by atoms with Gasteiger partial charge in [-0.3, -0.25) is 9.52 Å². The van der Waals surface area contributed by atoms with Gasteiger partial charge in [-0.1, -0.05) is 0 Å². The lowest BCUT2D eigenvalue weighted by molar-refractivity contribution is -0.0222. The van der Waals surface area contributed by atoms with Crippen molar-refractivity contribution in [3.05, 3.63) is 35.5 Å². The number of aliphatic hydroxyl groups excluding tert-OH is 2. The van der Waals surface area contributed by atoms with Gasteiger partial charge in [0.25, 0.3) is 11.8 Å². The molecule has 3 heterocycles. The third-order valence-corrected chi connectivity index (χ3v) is 9.34. The number of halogens is 2. The van der Waals surface area contributed by atoms with Gasteiger partial charge in [-0.05, 0) is 43.9 Å². The first-order chi connectivity index (χ1) is 18.9. The van der Waals surface area contributed by atoms with E-state index in [4.69, 9.17) is 5.11 Å². The number of hydrogen-bond donors (Lipinski definition) is 4. The van der Waals surface area contributed by atoms with Crippen LogP contribution in [0.5, 0.6) is 0 Å². The molecule has 0 unspecified atom stereocenters. The number of carbonyl (C=O) groups excluding carboxylic acids is 1. The van der Waals surface area contributed by atoms with Crippen LogP contribution in [0, 0.1) is 18.3 Å². The highest BCUT2D eigenvalue weighted by Crippen LogP contribution is 2.58. The largest absolute Gasteiger partial charge is 0.396 e. The van der Waals surface area contributed by atoms with Crippen LogP contribution in [-0.4, -0.2) is 85.6 Å². The first-order valence-corrected chi connectivity index (χ1v) is 15.0. The molecular weight excluding hydrogens is 546 g/mol. The molecule has 1 aromatic carbocycles. The van der Waals surface area contributed by atoms with E-state index in [1.165, 1.54) is 12.1 Å². The van der Waals surface area contributed by atoms with Gasteiger partial charge in [-0.15, -0.1) is 0 Å². The zero-order valence-corrected chi connectivity index (χ0v) is 23.1. The van der Waals surface area contributed by atoms with Crippen molar-refractivity contribution in [1.82, 2.24) is 9.97 Å². The number of aliphatic hydroxyl groups is 2. The summed E-state index contributed by atoms with van der Waals surface area (Å²) in [4.78, 5) is 26.0. The zero-order valence-electron chi connectivity index (χ0n) is 22.2. The number of aryl methyl sites for hydroxylation is 1. The molecule has 4 N–H and O–H groups in total. The lowest BCUT2D eigenvalue weighted by Crippen LogP contribution is -2.40. The van der Waals surface area contributed by atoms with Crippen LogP contribution in [0.15, 0.2) is 24.3 Å². The van der Waals surface area contributed by atoms with E-state index in [0.717, 1.165) is 12.8 Å². The van der Waals surface area contributed by atoms with Gasteiger partial charge < -0.3 is 25.3 Å². The Balaban J connectivity index is 1.40. The van der Waals surface area contributed by atoms with Crippen LogP contribution < -0.4 is 19.8 Å². The number of carbonyl (C=O) groups is 1. The molecule has 2 aromatic rings. The SMILES string of the molecule is Cc1cc(NC(=O)c2ccc(NS(=O)(=O)CCO)cc2N2CC[C@@]3(CO)C[C@H]3C2)nc(N2CCC(F)(F)CC2)n1. The zero-order chi connectivity index (χ0) is 28.7. The normalized spacial score (nSPS) is 23.9. The number of anilines is 4. The van der Waals surface area contributed by atoms with Crippen LogP contribution in [-0.2, 0) is 10.0 Å². The molecule has 1 amide bonds. The summed E-state index contributed by atoms with van der Waals surface area (Å²) in [5, 5.41) is 21.7. The number of alkyl halides is 2. The Hall–Kier alpha value is -3.10. The van der Waals surface area contributed by atoms with Crippen molar-refractivity contribution >= 4 is 39.1 Å². The molecule has 2 atom stereocenters. The number of nitrogens with one attached hydrogen (secondary N) is 2. The fraction of sp³-hybridized carbons (Fsp3) is 0.577. The van der Waals surface area contributed by atoms with Crippen molar-refractivity contribution in [3.63, 3.8) is 0 Å². The van der Waals surface area contributed by atoms with Crippen LogP contribution in [0.2, 0.25) is 0 Å². The van der Waals surface area contributed by atoms with Crippen molar-refractivity contribution < 1.29 is 32.2 Å². The van der Waals surface area contributed by atoms with Gasteiger partial charge in [0.05, 0.1) is 29.3 Å². The average Bonchev–Trinajstić information content (AvgIpc) is 3.62. The van der Waals surface area contributed by atoms with Gasteiger partial charge in [0.15, 0.2) is 0 Å². The fourth-order valence-electron chi connectivity index (χ4n) is 5.58. The van der Waals surface area contributed by atoms with Crippen molar-refractivity contribution in [1.29, 1.82) is 0 Å². The summed E-state index contributed by atoms with van der Waals surface area (Å²) in [5.41, 5.74) is 1.59. The summed E-state index contributed by atoms with van der Waals surface area (Å²) in [6.07, 6.45) is 1.06. The molecular formula is C26H34F2N6O5S. The Kier molecular flexibility index (Phi) is 7.61. The fourth-order valence-corrected chi connectivity index (χ4v) is 6.41. The van der Waals surface area contributed by atoms with Gasteiger partial charge in [0.2, 0.25) is 16.0 Å². The molecule has 11 nitrogen and oxygen atoms in total. The number of rotatable bonds is 9. The van der Waals surface area contributed by atoms with E-state index < -0.39 is 34.2 Å². The van der Waals surface area contributed by atoms with Crippen LogP contribution in [0.3, 0.4) is 0 Å². The molecule has 2 saturated heterocycles. The molecule has 5 rings (SSSR count). The standard InChI is InChI=1S/C26H34F2N6O5S/c1-17-12-22(31-24(29-17)33-8-5-26(27,28)6-9-33)30-23(37)20-3-2-19(32-40(38,39)11-10-35)13-21(20)34-7-4-25(16-36)14-18(25)15-34/h2-3,12-13,18,32,35-36H,4-11,14-16H2,1H3,(H,29,30,31,37)/t18-,25-/m0/s1. The number of sulfonamides is 1. The summed E-state index contributed by atoms with van der Waals surface area (Å²) in [7, 11) is -3.78. The summed E-state index contributed by atoms with van der Waals surface area (Å²) in [6, 6.07) is 6.21. The smallest absolute Gasteiger partial charge is 0.258 e. The highest BCUT2D eigenvalue weighted by Gasteiger charge is 2.56. The van der Waals surface area contributed by atoms with Gasteiger partial charge >= 0.3 is 0 Å². The molecule has 3 aliphatic rings. The van der Waals surface area contributed by atoms with E-state index in [0.29, 0.717) is 30.0 Å². The minimum atomic E-state index is -3.78. The Bertz CT molecular complexity index is 1380. The van der Waals surface area contributed by atoms with Crippen molar-refractivity contribution in [2.75, 3.05) is 65.0 Å². The summed E-state index contributed by atoms with van der Waals surface area (Å²) in [6.45, 7) is 2.73. The topological polar surface area (TPSA) is 148 Å². The van der Waals surface area contributed by atoms with Crippen LogP contribution in [0.25, 0.3) is 0 Å². The lowest BCUT2D eigenvalue weighted by Gasteiger charge is -2.34. The minimum Gasteiger partial charge on any atom is -0.396 e. The molecule has 218 valence electrons. The average molecular weight is 581 g/mol. The molecule has 1 aromatic heterocycles. The highest BCUT2D eigenvalue weighted by atomic mass is 32.2. The number of benzene rings is 1. The van der Waals surface area contributed by atoms with Gasteiger partial charge in [-0.25, -0.2) is 22.2 Å². The Morgan fingerprint density at radius 2 is 1.82 bits per heavy atom. The van der Waals surface area contributed by atoms with E-state index in [1.807, 2.05) is 4.90 Å². The summed E-state index contributed by atoms with van der Waals surface area (Å²) < 4.78 is 54.3. The maximum absolute atomic E-state index is 13.6. The molecule has 2 aliphatic heterocycles. The Labute approximate surface area is 231 Å². The first-order valence-electron chi connectivity index (χ1n) is 13.3. The third kappa shape index (κ3) is 6.13. The van der Waals surface area contributed by atoms with Crippen molar-refractivity contribution in [2.24, 2.45) is 11.3 Å². The second-order valence-electron chi connectivity index (χ2n) is 11.0. The third-order valence-electron chi connectivity index (χ3n) is 8.07. The lowest BCUT2D eigenvalue weighted by atomic mass is 9.95. The predicted molar refractivity (Wildman–Crippen MR) is 147 cm³/mol. The van der Waals surface area contributed by atoms with Crippen molar-refractivity contribution in [3.8, 4) is 0 Å². The van der Waals surface area contributed by atoms with E-state index >= 15 is 0 Å². The molecule has 0 spiro atoms. The molecule has 14 heteroatoms. The maximum Gasteiger partial charge on any atom is 0.258 e. The second kappa shape index (κ2) is 10.7. The number of hydrogen-bond acceptors (Lipinski definition) is 9. The van der Waals surface area contributed by atoms with Gasteiger partial charge in [0.1, 0.15) is 5.82 Å². The number of fused-ring (bicyclic) bond motifs is 1. The first kappa shape index (κ1) is 28.4.